The van der Waals surface area contributed by atoms with E-state index in [1.165, 1.54) is 29.5 Å². The lowest BCUT2D eigenvalue weighted by Gasteiger charge is -2.25. The van der Waals surface area contributed by atoms with Crippen molar-refractivity contribution in [1.82, 2.24) is 0 Å². The maximum atomic E-state index is 6.49. The first-order valence-corrected chi connectivity index (χ1v) is 7.77. The van der Waals surface area contributed by atoms with Crippen LogP contribution in [0.5, 0.6) is 0 Å². The van der Waals surface area contributed by atoms with Gasteiger partial charge < -0.3 is 5.73 Å². The van der Waals surface area contributed by atoms with Gasteiger partial charge in [0.05, 0.1) is 0 Å². The molecule has 2 atom stereocenters. The van der Waals surface area contributed by atoms with Crippen molar-refractivity contribution in [2.45, 2.75) is 72.3 Å². The fourth-order valence-electron chi connectivity index (χ4n) is 2.70. The van der Waals surface area contributed by atoms with Crippen LogP contribution in [0.2, 0.25) is 0 Å². The van der Waals surface area contributed by atoms with Gasteiger partial charge in [-0.2, -0.15) is 0 Å². The van der Waals surface area contributed by atoms with Gasteiger partial charge in [0.15, 0.2) is 0 Å². The summed E-state index contributed by atoms with van der Waals surface area (Å²) in [5, 5.41) is 0. The molecule has 19 heavy (non-hydrogen) atoms. The van der Waals surface area contributed by atoms with E-state index < -0.39 is 0 Å². The van der Waals surface area contributed by atoms with Gasteiger partial charge in [0.1, 0.15) is 0 Å². The lowest BCUT2D eigenvalue weighted by Crippen LogP contribution is -2.21. The average Bonchev–Trinajstić information content (AvgIpc) is 2.37. The second-order valence-electron chi connectivity index (χ2n) is 6.49. The molecule has 0 aromatic heterocycles. The summed E-state index contributed by atoms with van der Waals surface area (Å²) in [7, 11) is 0. The van der Waals surface area contributed by atoms with E-state index in [0.29, 0.717) is 17.8 Å². The van der Waals surface area contributed by atoms with E-state index in [0.717, 1.165) is 0 Å². The normalized spacial score (nSPS) is 15.0. The molecule has 0 aliphatic carbocycles. The van der Waals surface area contributed by atoms with Gasteiger partial charge in [-0.05, 0) is 40.9 Å². The molecular formula is C18H31N. The Morgan fingerprint density at radius 1 is 0.947 bits per heavy atom. The molecule has 0 saturated carbocycles. The molecule has 0 spiro atoms. The van der Waals surface area contributed by atoms with E-state index in [1.807, 2.05) is 0 Å². The lowest BCUT2D eigenvalue weighted by molar-refractivity contribution is 0.430. The van der Waals surface area contributed by atoms with Crippen LogP contribution in [-0.4, -0.2) is 0 Å². The average molecular weight is 261 g/mol. The summed E-state index contributed by atoms with van der Waals surface area (Å²) in [5.74, 6) is 1.66. The fourth-order valence-corrected chi connectivity index (χ4v) is 2.70. The number of hydrogen-bond acceptors (Lipinski definition) is 1. The van der Waals surface area contributed by atoms with E-state index >= 15 is 0 Å². The second-order valence-corrected chi connectivity index (χ2v) is 6.49. The van der Waals surface area contributed by atoms with Crippen LogP contribution >= 0.6 is 0 Å². The van der Waals surface area contributed by atoms with Crippen molar-refractivity contribution in [2.75, 3.05) is 0 Å². The van der Waals surface area contributed by atoms with Crippen LogP contribution in [0.3, 0.4) is 0 Å². The van der Waals surface area contributed by atoms with Crippen LogP contribution in [0.15, 0.2) is 18.2 Å². The Labute approximate surface area is 119 Å². The zero-order chi connectivity index (χ0) is 14.6. The Kier molecular flexibility index (Phi) is 6.06. The Morgan fingerprint density at radius 3 is 2.05 bits per heavy atom. The third-order valence-electron chi connectivity index (χ3n) is 4.12. The first-order chi connectivity index (χ1) is 8.88. The van der Waals surface area contributed by atoms with E-state index in [9.17, 15) is 0 Å². The molecule has 0 amide bonds. The summed E-state index contributed by atoms with van der Waals surface area (Å²) in [5.41, 5.74) is 10.7. The Bertz CT molecular complexity index is 393. The molecule has 0 aliphatic heterocycles. The van der Waals surface area contributed by atoms with Crippen LogP contribution in [0, 0.1) is 5.92 Å². The molecule has 0 bridgehead atoms. The standard InChI is InChI=1S/C18H31N/c1-7-8-14(6)18(19)16-10-9-15(12(2)3)11-17(16)13(4)5/h9-14,18H,7-8,19H2,1-6H3. The molecule has 0 fully saturated rings. The molecule has 1 rings (SSSR count). The second kappa shape index (κ2) is 7.09. The first kappa shape index (κ1) is 16.2. The van der Waals surface area contributed by atoms with Crippen molar-refractivity contribution >= 4 is 0 Å². The van der Waals surface area contributed by atoms with E-state index in [2.05, 4.69) is 59.7 Å². The maximum absolute atomic E-state index is 6.49. The Balaban J connectivity index is 3.12. The maximum Gasteiger partial charge on any atom is 0.0323 e. The van der Waals surface area contributed by atoms with Crippen molar-refractivity contribution in [3.8, 4) is 0 Å². The van der Waals surface area contributed by atoms with Gasteiger partial charge in [-0.15, -0.1) is 0 Å². The summed E-state index contributed by atoms with van der Waals surface area (Å²) in [4.78, 5) is 0. The smallest absolute Gasteiger partial charge is 0.0323 e. The number of benzene rings is 1. The lowest BCUT2D eigenvalue weighted by atomic mass is 9.84. The summed E-state index contributed by atoms with van der Waals surface area (Å²) in [6.07, 6.45) is 2.40. The SMILES string of the molecule is CCCC(C)C(N)c1ccc(C(C)C)cc1C(C)C. The summed E-state index contributed by atoms with van der Waals surface area (Å²) in [6, 6.07) is 7.05. The summed E-state index contributed by atoms with van der Waals surface area (Å²) < 4.78 is 0. The predicted molar refractivity (Wildman–Crippen MR) is 85.6 cm³/mol. The van der Waals surface area contributed by atoms with Gasteiger partial charge in [0, 0.05) is 6.04 Å². The van der Waals surface area contributed by atoms with E-state index in [4.69, 9.17) is 5.73 Å². The minimum atomic E-state index is 0.165. The Hall–Kier alpha value is -0.820. The van der Waals surface area contributed by atoms with Crippen LogP contribution in [0.1, 0.15) is 89.0 Å². The molecule has 0 heterocycles. The van der Waals surface area contributed by atoms with E-state index in [-0.39, 0.29) is 6.04 Å². The van der Waals surface area contributed by atoms with E-state index in [1.54, 1.807) is 0 Å². The highest BCUT2D eigenvalue weighted by Gasteiger charge is 2.19. The molecule has 0 aliphatic rings. The first-order valence-electron chi connectivity index (χ1n) is 7.77. The molecule has 1 nitrogen and oxygen atoms in total. The zero-order valence-corrected chi connectivity index (χ0v) is 13.5. The molecule has 2 unspecified atom stereocenters. The minimum absolute atomic E-state index is 0.165. The quantitative estimate of drug-likeness (QED) is 0.732. The van der Waals surface area contributed by atoms with Crippen LogP contribution in [0.25, 0.3) is 0 Å². The molecule has 1 aromatic rings. The molecular weight excluding hydrogens is 230 g/mol. The zero-order valence-electron chi connectivity index (χ0n) is 13.5. The fraction of sp³-hybridized carbons (Fsp3) is 0.667. The van der Waals surface area contributed by atoms with Crippen molar-refractivity contribution < 1.29 is 0 Å². The van der Waals surface area contributed by atoms with Gasteiger partial charge in [0.2, 0.25) is 0 Å². The molecule has 0 saturated heterocycles. The largest absolute Gasteiger partial charge is 0.324 e. The Morgan fingerprint density at radius 2 is 1.58 bits per heavy atom. The van der Waals surface area contributed by atoms with Crippen molar-refractivity contribution in [1.29, 1.82) is 0 Å². The highest BCUT2D eigenvalue weighted by Crippen LogP contribution is 2.32. The molecule has 2 N–H and O–H groups in total. The molecule has 0 radical (unpaired) electrons. The van der Waals surface area contributed by atoms with Crippen molar-refractivity contribution in [3.63, 3.8) is 0 Å². The minimum Gasteiger partial charge on any atom is -0.324 e. The molecule has 1 heteroatoms. The monoisotopic (exact) mass is 261 g/mol. The highest BCUT2D eigenvalue weighted by atomic mass is 14.6. The predicted octanol–water partition coefficient (Wildman–Crippen LogP) is 5.37. The van der Waals surface area contributed by atoms with Crippen LogP contribution in [-0.2, 0) is 0 Å². The van der Waals surface area contributed by atoms with Gasteiger partial charge >= 0.3 is 0 Å². The summed E-state index contributed by atoms with van der Waals surface area (Å²) in [6.45, 7) is 13.5. The van der Waals surface area contributed by atoms with Gasteiger partial charge in [-0.25, -0.2) is 0 Å². The van der Waals surface area contributed by atoms with Crippen LogP contribution < -0.4 is 5.73 Å². The summed E-state index contributed by atoms with van der Waals surface area (Å²) >= 11 is 0. The van der Waals surface area contributed by atoms with Gasteiger partial charge in [0.25, 0.3) is 0 Å². The third kappa shape index (κ3) is 4.07. The van der Waals surface area contributed by atoms with Gasteiger partial charge in [-0.1, -0.05) is 66.2 Å². The molecule has 108 valence electrons. The number of hydrogen-bond donors (Lipinski definition) is 1. The van der Waals surface area contributed by atoms with Crippen molar-refractivity contribution in [3.05, 3.63) is 34.9 Å². The highest BCUT2D eigenvalue weighted by molar-refractivity contribution is 5.37. The van der Waals surface area contributed by atoms with Crippen molar-refractivity contribution in [2.24, 2.45) is 11.7 Å². The van der Waals surface area contributed by atoms with Crippen LogP contribution in [0.4, 0.5) is 0 Å². The topological polar surface area (TPSA) is 26.0 Å². The number of nitrogens with two attached hydrogens (primary N) is 1. The van der Waals surface area contributed by atoms with Gasteiger partial charge in [-0.3, -0.25) is 0 Å². The molecule has 1 aromatic carbocycles. The number of rotatable bonds is 6. The third-order valence-corrected chi connectivity index (χ3v) is 4.12.